The lowest BCUT2D eigenvalue weighted by Gasteiger charge is -2.05. The van der Waals surface area contributed by atoms with E-state index in [0.29, 0.717) is 22.8 Å². The average molecular weight is 258 g/mol. The Morgan fingerprint density at radius 3 is 2.53 bits per heavy atom. The van der Waals surface area contributed by atoms with Crippen LogP contribution in [0.1, 0.15) is 11.3 Å². The van der Waals surface area contributed by atoms with Gasteiger partial charge in [-0.3, -0.25) is 4.68 Å². The molecule has 0 atom stereocenters. The first-order valence-corrected chi connectivity index (χ1v) is 5.64. The van der Waals surface area contributed by atoms with E-state index >= 15 is 0 Å². The Bertz CT molecular complexity index is 611. The van der Waals surface area contributed by atoms with Crippen molar-refractivity contribution in [1.29, 1.82) is 5.26 Å². The molecule has 0 spiro atoms. The van der Waals surface area contributed by atoms with Crippen LogP contribution in [0.4, 0.5) is 5.82 Å². The Morgan fingerprint density at radius 1 is 1.32 bits per heavy atom. The summed E-state index contributed by atoms with van der Waals surface area (Å²) in [5.74, 6) is 1.77. The first kappa shape index (κ1) is 12.8. The predicted octanol–water partition coefficient (Wildman–Crippen LogP) is 1.46. The second-order valence-electron chi connectivity index (χ2n) is 3.91. The average Bonchev–Trinajstić information content (AvgIpc) is 2.72. The fraction of sp³-hybridized carbons (Fsp3) is 0.231. The predicted molar refractivity (Wildman–Crippen MR) is 69.7 cm³/mol. The largest absolute Gasteiger partial charge is 0.497 e. The SMILES string of the molecule is COc1ccc(OCc2nn(C)c(N)c2C#N)cc1. The number of aryl methyl sites for hydroxylation is 1. The number of anilines is 1. The molecule has 0 amide bonds. The normalized spacial score (nSPS) is 9.95. The monoisotopic (exact) mass is 258 g/mol. The van der Waals surface area contributed by atoms with Gasteiger partial charge in [0.15, 0.2) is 0 Å². The summed E-state index contributed by atoms with van der Waals surface area (Å²) in [6.07, 6.45) is 0. The second kappa shape index (κ2) is 5.31. The van der Waals surface area contributed by atoms with E-state index in [9.17, 15) is 0 Å². The first-order valence-electron chi connectivity index (χ1n) is 5.64. The number of benzene rings is 1. The molecule has 1 heterocycles. The number of ether oxygens (including phenoxy) is 2. The molecular weight excluding hydrogens is 244 g/mol. The van der Waals surface area contributed by atoms with Gasteiger partial charge < -0.3 is 15.2 Å². The molecule has 98 valence electrons. The highest BCUT2D eigenvalue weighted by atomic mass is 16.5. The van der Waals surface area contributed by atoms with Gasteiger partial charge in [-0.15, -0.1) is 0 Å². The molecule has 0 radical (unpaired) electrons. The second-order valence-corrected chi connectivity index (χ2v) is 3.91. The Morgan fingerprint density at radius 2 is 1.95 bits per heavy atom. The van der Waals surface area contributed by atoms with Crippen LogP contribution in [-0.2, 0) is 13.7 Å². The Hall–Kier alpha value is -2.68. The van der Waals surface area contributed by atoms with Crippen LogP contribution < -0.4 is 15.2 Å². The molecule has 1 aromatic heterocycles. The van der Waals surface area contributed by atoms with Crippen molar-refractivity contribution in [2.24, 2.45) is 7.05 Å². The minimum absolute atomic E-state index is 0.195. The molecular formula is C13H14N4O2. The maximum atomic E-state index is 9.02. The van der Waals surface area contributed by atoms with E-state index in [1.807, 2.05) is 6.07 Å². The number of methoxy groups -OCH3 is 1. The standard InChI is InChI=1S/C13H14N4O2/c1-17-13(15)11(7-14)12(16-17)8-19-10-5-3-9(18-2)4-6-10/h3-6H,8,15H2,1-2H3. The molecule has 2 aromatic rings. The number of nitrogen functional groups attached to an aromatic ring is 1. The van der Waals surface area contributed by atoms with Crippen molar-refractivity contribution in [3.05, 3.63) is 35.5 Å². The molecule has 1 aromatic carbocycles. The van der Waals surface area contributed by atoms with Gasteiger partial charge in [0.2, 0.25) is 0 Å². The summed E-state index contributed by atoms with van der Waals surface area (Å²) in [6.45, 7) is 0.195. The van der Waals surface area contributed by atoms with Gasteiger partial charge in [-0.1, -0.05) is 0 Å². The van der Waals surface area contributed by atoms with Crippen molar-refractivity contribution in [3.8, 4) is 17.6 Å². The zero-order valence-corrected chi connectivity index (χ0v) is 10.8. The molecule has 0 saturated heterocycles. The quantitative estimate of drug-likeness (QED) is 0.897. The minimum atomic E-state index is 0.195. The summed E-state index contributed by atoms with van der Waals surface area (Å²) in [4.78, 5) is 0. The Balaban J connectivity index is 2.10. The lowest BCUT2D eigenvalue weighted by molar-refractivity contribution is 0.299. The smallest absolute Gasteiger partial charge is 0.139 e. The number of nitrogens with two attached hydrogens (primary N) is 1. The first-order chi connectivity index (χ1) is 9.15. The lowest BCUT2D eigenvalue weighted by Crippen LogP contribution is -1.99. The van der Waals surface area contributed by atoms with Gasteiger partial charge in [0.25, 0.3) is 0 Å². The third-order valence-electron chi connectivity index (χ3n) is 2.71. The third kappa shape index (κ3) is 2.60. The number of nitriles is 1. The Labute approximate surface area is 111 Å². The van der Waals surface area contributed by atoms with E-state index in [0.717, 1.165) is 5.75 Å². The van der Waals surface area contributed by atoms with Gasteiger partial charge in [0, 0.05) is 7.05 Å². The zero-order valence-electron chi connectivity index (χ0n) is 10.8. The number of hydrogen-bond acceptors (Lipinski definition) is 5. The van der Waals surface area contributed by atoms with Gasteiger partial charge in [0.05, 0.1) is 7.11 Å². The highest BCUT2D eigenvalue weighted by molar-refractivity contribution is 5.51. The number of rotatable bonds is 4. The van der Waals surface area contributed by atoms with Gasteiger partial charge in [-0.25, -0.2) is 0 Å². The van der Waals surface area contributed by atoms with Crippen LogP contribution in [0, 0.1) is 11.3 Å². The van der Waals surface area contributed by atoms with E-state index in [1.54, 1.807) is 38.4 Å². The third-order valence-corrected chi connectivity index (χ3v) is 2.71. The molecule has 0 fully saturated rings. The summed E-state index contributed by atoms with van der Waals surface area (Å²) in [6, 6.07) is 9.21. The van der Waals surface area contributed by atoms with Crippen LogP contribution in [0.15, 0.2) is 24.3 Å². The summed E-state index contributed by atoms with van der Waals surface area (Å²) < 4.78 is 12.1. The van der Waals surface area contributed by atoms with Crippen molar-refractivity contribution in [2.75, 3.05) is 12.8 Å². The number of nitrogens with zero attached hydrogens (tertiary/aromatic N) is 3. The molecule has 19 heavy (non-hydrogen) atoms. The van der Waals surface area contributed by atoms with E-state index in [-0.39, 0.29) is 6.61 Å². The minimum Gasteiger partial charge on any atom is -0.497 e. The van der Waals surface area contributed by atoms with E-state index in [4.69, 9.17) is 20.5 Å². The van der Waals surface area contributed by atoms with Crippen LogP contribution in [-0.4, -0.2) is 16.9 Å². The highest BCUT2D eigenvalue weighted by Gasteiger charge is 2.13. The van der Waals surface area contributed by atoms with E-state index < -0.39 is 0 Å². The van der Waals surface area contributed by atoms with E-state index in [1.165, 1.54) is 4.68 Å². The molecule has 0 saturated carbocycles. The molecule has 0 aliphatic heterocycles. The van der Waals surface area contributed by atoms with Crippen LogP contribution in [0.5, 0.6) is 11.5 Å². The molecule has 2 rings (SSSR count). The molecule has 0 unspecified atom stereocenters. The molecule has 0 aliphatic rings. The topological polar surface area (TPSA) is 86.1 Å². The van der Waals surface area contributed by atoms with Crippen molar-refractivity contribution >= 4 is 5.82 Å². The maximum Gasteiger partial charge on any atom is 0.139 e. The van der Waals surface area contributed by atoms with Crippen molar-refractivity contribution in [3.63, 3.8) is 0 Å². The summed E-state index contributed by atoms with van der Waals surface area (Å²) in [5, 5.41) is 13.2. The van der Waals surface area contributed by atoms with Crippen molar-refractivity contribution in [2.45, 2.75) is 6.61 Å². The number of hydrogen-bond donors (Lipinski definition) is 1. The maximum absolute atomic E-state index is 9.02. The van der Waals surface area contributed by atoms with E-state index in [2.05, 4.69) is 5.10 Å². The van der Waals surface area contributed by atoms with Gasteiger partial charge in [-0.2, -0.15) is 10.4 Å². The zero-order chi connectivity index (χ0) is 13.8. The van der Waals surface area contributed by atoms with Gasteiger partial charge in [0.1, 0.15) is 41.3 Å². The molecule has 6 heteroatoms. The van der Waals surface area contributed by atoms with Crippen molar-refractivity contribution in [1.82, 2.24) is 9.78 Å². The van der Waals surface area contributed by atoms with Gasteiger partial charge in [-0.05, 0) is 24.3 Å². The van der Waals surface area contributed by atoms with Crippen LogP contribution in [0.3, 0.4) is 0 Å². The summed E-state index contributed by atoms with van der Waals surface area (Å²) in [5.41, 5.74) is 6.61. The fourth-order valence-electron chi connectivity index (χ4n) is 1.64. The fourth-order valence-corrected chi connectivity index (χ4v) is 1.64. The number of aromatic nitrogens is 2. The highest BCUT2D eigenvalue weighted by Crippen LogP contribution is 2.20. The van der Waals surface area contributed by atoms with Crippen LogP contribution in [0.25, 0.3) is 0 Å². The lowest BCUT2D eigenvalue weighted by atomic mass is 10.2. The molecule has 0 aliphatic carbocycles. The molecule has 6 nitrogen and oxygen atoms in total. The summed E-state index contributed by atoms with van der Waals surface area (Å²) in [7, 11) is 3.29. The molecule has 2 N–H and O–H groups in total. The Kier molecular flexibility index (Phi) is 3.57. The van der Waals surface area contributed by atoms with Crippen LogP contribution in [0.2, 0.25) is 0 Å². The van der Waals surface area contributed by atoms with Crippen LogP contribution >= 0.6 is 0 Å². The molecule has 0 bridgehead atoms. The van der Waals surface area contributed by atoms with Gasteiger partial charge >= 0.3 is 0 Å². The summed E-state index contributed by atoms with van der Waals surface area (Å²) >= 11 is 0. The van der Waals surface area contributed by atoms with Crippen molar-refractivity contribution < 1.29 is 9.47 Å².